The summed E-state index contributed by atoms with van der Waals surface area (Å²) in [6, 6.07) is 7.68. The smallest absolute Gasteiger partial charge is 0.223 e. The van der Waals surface area contributed by atoms with Gasteiger partial charge < -0.3 is 15.4 Å². The van der Waals surface area contributed by atoms with Crippen LogP contribution in [-0.4, -0.2) is 31.6 Å². The number of rotatable bonds is 6. The zero-order valence-electron chi connectivity index (χ0n) is 11.2. The molecule has 0 aromatic heterocycles. The Kier molecular flexibility index (Phi) is 7.73. The maximum atomic E-state index is 11.6. The fourth-order valence-corrected chi connectivity index (χ4v) is 2.26. The summed E-state index contributed by atoms with van der Waals surface area (Å²) in [6.07, 6.45) is 2.67. The van der Waals surface area contributed by atoms with Gasteiger partial charge in [0.1, 0.15) is 5.75 Å². The van der Waals surface area contributed by atoms with E-state index in [-0.39, 0.29) is 18.3 Å². The van der Waals surface area contributed by atoms with Crippen molar-refractivity contribution >= 4 is 29.9 Å². The fourth-order valence-electron chi connectivity index (χ4n) is 2.07. The molecule has 20 heavy (non-hydrogen) atoms. The Morgan fingerprint density at radius 2 is 2.25 bits per heavy atom. The van der Waals surface area contributed by atoms with Gasteiger partial charge in [-0.2, -0.15) is 0 Å². The van der Waals surface area contributed by atoms with E-state index in [1.807, 2.05) is 12.1 Å². The van der Waals surface area contributed by atoms with Crippen LogP contribution in [0.5, 0.6) is 5.75 Å². The van der Waals surface area contributed by atoms with E-state index >= 15 is 0 Å². The molecule has 1 aliphatic heterocycles. The zero-order valence-corrected chi connectivity index (χ0v) is 12.8. The molecule has 2 N–H and O–H groups in total. The number of hydrogen-bond donors (Lipinski definition) is 2. The lowest BCUT2D eigenvalue weighted by Crippen LogP contribution is -2.37. The Labute approximate surface area is 130 Å². The summed E-state index contributed by atoms with van der Waals surface area (Å²) in [5.74, 6) is 0.634. The topological polar surface area (TPSA) is 50.4 Å². The second-order valence-corrected chi connectivity index (χ2v) is 5.03. The highest BCUT2D eigenvalue weighted by Crippen LogP contribution is 2.22. The molecule has 1 aliphatic rings. The second kappa shape index (κ2) is 9.06. The van der Waals surface area contributed by atoms with Crippen molar-refractivity contribution in [1.29, 1.82) is 0 Å². The van der Waals surface area contributed by atoms with Crippen LogP contribution in [0.25, 0.3) is 0 Å². The average Bonchev–Trinajstić information content (AvgIpc) is 2.92. The van der Waals surface area contributed by atoms with Gasteiger partial charge in [0, 0.05) is 12.6 Å². The van der Waals surface area contributed by atoms with E-state index in [9.17, 15) is 4.79 Å². The molecule has 1 aromatic carbocycles. The molecule has 1 unspecified atom stereocenters. The third kappa shape index (κ3) is 5.57. The van der Waals surface area contributed by atoms with Crippen LogP contribution < -0.4 is 15.4 Å². The maximum Gasteiger partial charge on any atom is 0.223 e. The summed E-state index contributed by atoms with van der Waals surface area (Å²) >= 11 is 5.95. The SMILES string of the molecule is Cl.O=C(CCOc1ccccc1Cl)NCC1CCCN1. The highest BCUT2D eigenvalue weighted by Gasteiger charge is 2.14. The second-order valence-electron chi connectivity index (χ2n) is 4.63. The summed E-state index contributed by atoms with van der Waals surface area (Å²) in [7, 11) is 0. The molecule has 0 saturated carbocycles. The normalized spacial score (nSPS) is 17.4. The highest BCUT2D eigenvalue weighted by atomic mass is 35.5. The minimum atomic E-state index is 0. The third-order valence-electron chi connectivity index (χ3n) is 3.13. The Morgan fingerprint density at radius 1 is 1.45 bits per heavy atom. The molecule has 1 saturated heterocycles. The number of ether oxygens (including phenoxy) is 1. The summed E-state index contributed by atoms with van der Waals surface area (Å²) in [5, 5.41) is 6.82. The van der Waals surface area contributed by atoms with E-state index in [1.165, 1.54) is 6.42 Å². The predicted octanol–water partition coefficient (Wildman–Crippen LogP) is 2.40. The molecule has 1 amide bonds. The van der Waals surface area contributed by atoms with Crippen LogP contribution in [0.2, 0.25) is 5.02 Å². The number of amides is 1. The van der Waals surface area contributed by atoms with Crippen molar-refractivity contribution in [3.63, 3.8) is 0 Å². The summed E-state index contributed by atoms with van der Waals surface area (Å²) < 4.78 is 5.47. The third-order valence-corrected chi connectivity index (χ3v) is 3.44. The largest absolute Gasteiger partial charge is 0.491 e. The Morgan fingerprint density at radius 3 is 2.95 bits per heavy atom. The molecule has 4 nitrogen and oxygen atoms in total. The first-order valence-electron chi connectivity index (χ1n) is 6.63. The van der Waals surface area contributed by atoms with Crippen molar-refractivity contribution in [2.45, 2.75) is 25.3 Å². The van der Waals surface area contributed by atoms with Crippen LogP contribution in [0, 0.1) is 0 Å². The molecule has 0 aliphatic carbocycles. The van der Waals surface area contributed by atoms with E-state index in [2.05, 4.69) is 10.6 Å². The summed E-state index contributed by atoms with van der Waals surface area (Å²) in [5.41, 5.74) is 0. The molecule has 1 atom stereocenters. The number of benzene rings is 1. The van der Waals surface area contributed by atoms with Gasteiger partial charge in [0.2, 0.25) is 5.91 Å². The lowest BCUT2D eigenvalue weighted by Gasteiger charge is -2.12. The van der Waals surface area contributed by atoms with E-state index in [0.29, 0.717) is 36.4 Å². The molecular formula is C14H20Cl2N2O2. The Hall–Kier alpha value is -0.970. The van der Waals surface area contributed by atoms with E-state index in [4.69, 9.17) is 16.3 Å². The lowest BCUT2D eigenvalue weighted by atomic mass is 10.2. The molecule has 6 heteroatoms. The van der Waals surface area contributed by atoms with Crippen molar-refractivity contribution in [1.82, 2.24) is 10.6 Å². The van der Waals surface area contributed by atoms with Gasteiger partial charge in [0.25, 0.3) is 0 Å². The highest BCUT2D eigenvalue weighted by molar-refractivity contribution is 6.32. The van der Waals surface area contributed by atoms with Crippen LogP contribution >= 0.6 is 24.0 Å². The van der Waals surface area contributed by atoms with Crippen molar-refractivity contribution in [3.05, 3.63) is 29.3 Å². The minimum Gasteiger partial charge on any atom is -0.491 e. The Bertz CT molecular complexity index is 423. The molecule has 0 radical (unpaired) electrons. The average molecular weight is 319 g/mol. The fraction of sp³-hybridized carbons (Fsp3) is 0.500. The molecule has 0 bridgehead atoms. The minimum absolute atomic E-state index is 0. The number of nitrogens with one attached hydrogen (secondary N) is 2. The first-order valence-corrected chi connectivity index (χ1v) is 7.01. The van der Waals surface area contributed by atoms with Crippen LogP contribution in [0.1, 0.15) is 19.3 Å². The molecule has 1 aromatic rings. The number of carbonyl (C=O) groups excluding carboxylic acids is 1. The quantitative estimate of drug-likeness (QED) is 0.846. The van der Waals surface area contributed by atoms with Gasteiger partial charge >= 0.3 is 0 Å². The van der Waals surface area contributed by atoms with Crippen LogP contribution in [-0.2, 0) is 4.79 Å². The van der Waals surface area contributed by atoms with Gasteiger partial charge in [-0.25, -0.2) is 0 Å². The van der Waals surface area contributed by atoms with Gasteiger partial charge in [-0.15, -0.1) is 12.4 Å². The van der Waals surface area contributed by atoms with E-state index < -0.39 is 0 Å². The van der Waals surface area contributed by atoms with E-state index in [0.717, 1.165) is 13.0 Å². The van der Waals surface area contributed by atoms with Gasteiger partial charge in [-0.3, -0.25) is 4.79 Å². The van der Waals surface area contributed by atoms with Crippen molar-refractivity contribution in [3.8, 4) is 5.75 Å². The van der Waals surface area contributed by atoms with Gasteiger partial charge in [0.15, 0.2) is 0 Å². The number of halogens is 2. The molecule has 2 rings (SSSR count). The molecule has 112 valence electrons. The van der Waals surface area contributed by atoms with Crippen molar-refractivity contribution in [2.24, 2.45) is 0 Å². The number of para-hydroxylation sites is 1. The molecule has 1 heterocycles. The maximum absolute atomic E-state index is 11.6. The Balaban J connectivity index is 0.00000200. The monoisotopic (exact) mass is 318 g/mol. The lowest BCUT2D eigenvalue weighted by molar-refractivity contribution is -0.121. The van der Waals surface area contributed by atoms with Crippen LogP contribution in [0.15, 0.2) is 24.3 Å². The molecular weight excluding hydrogens is 299 g/mol. The summed E-state index contributed by atoms with van der Waals surface area (Å²) in [6.45, 7) is 2.09. The first-order chi connectivity index (χ1) is 9.25. The number of hydrogen-bond acceptors (Lipinski definition) is 3. The summed E-state index contributed by atoms with van der Waals surface area (Å²) in [4.78, 5) is 11.6. The van der Waals surface area contributed by atoms with Crippen LogP contribution in [0.4, 0.5) is 0 Å². The van der Waals surface area contributed by atoms with Gasteiger partial charge in [-0.1, -0.05) is 23.7 Å². The molecule has 1 fully saturated rings. The number of carbonyl (C=O) groups is 1. The van der Waals surface area contributed by atoms with Crippen LogP contribution in [0.3, 0.4) is 0 Å². The van der Waals surface area contributed by atoms with Gasteiger partial charge in [0.05, 0.1) is 18.1 Å². The predicted molar refractivity (Wildman–Crippen MR) is 82.8 cm³/mol. The van der Waals surface area contributed by atoms with Gasteiger partial charge in [-0.05, 0) is 31.5 Å². The van der Waals surface area contributed by atoms with Crippen molar-refractivity contribution in [2.75, 3.05) is 19.7 Å². The van der Waals surface area contributed by atoms with Crippen molar-refractivity contribution < 1.29 is 9.53 Å². The first kappa shape index (κ1) is 17.1. The molecule has 0 spiro atoms. The standard InChI is InChI=1S/C14H19ClN2O2.ClH/c15-12-5-1-2-6-13(12)19-9-7-14(18)17-10-11-4-3-8-16-11;/h1-2,5-6,11,16H,3-4,7-10H2,(H,17,18);1H. The van der Waals surface area contributed by atoms with E-state index in [1.54, 1.807) is 12.1 Å². The zero-order chi connectivity index (χ0) is 13.5.